The molecular weight excluding hydrogens is 412 g/mol. The molecule has 0 fully saturated rings. The molecule has 0 aliphatic carbocycles. The quantitative estimate of drug-likeness (QED) is 0.626. The summed E-state index contributed by atoms with van der Waals surface area (Å²) in [5.41, 5.74) is 1.42. The number of benzene rings is 2. The van der Waals surface area contributed by atoms with Crippen LogP contribution in [-0.4, -0.2) is 33.5 Å². The molecule has 1 N–H and O–H groups in total. The van der Waals surface area contributed by atoms with Gasteiger partial charge >= 0.3 is 0 Å². The molecule has 3 rings (SSSR count). The van der Waals surface area contributed by atoms with E-state index in [4.69, 9.17) is 4.74 Å². The van der Waals surface area contributed by atoms with Crippen LogP contribution in [0.15, 0.2) is 53.4 Å². The molecule has 2 aromatic rings. The van der Waals surface area contributed by atoms with E-state index in [1.54, 1.807) is 48.5 Å². The number of nitrogens with zero attached hydrogens (tertiary/aromatic N) is 1. The minimum absolute atomic E-state index is 0.0647. The van der Waals surface area contributed by atoms with Crippen molar-refractivity contribution in [1.82, 2.24) is 5.32 Å². The summed E-state index contributed by atoms with van der Waals surface area (Å²) in [7, 11) is -3.83. The van der Waals surface area contributed by atoms with Crippen molar-refractivity contribution < 1.29 is 17.9 Å². The van der Waals surface area contributed by atoms with Crippen LogP contribution in [0.1, 0.15) is 45.1 Å². The maximum atomic E-state index is 13.4. The van der Waals surface area contributed by atoms with Crippen molar-refractivity contribution in [2.24, 2.45) is 5.92 Å². The Morgan fingerprint density at radius 1 is 1.16 bits per heavy atom. The Bertz CT molecular complexity index is 989. The van der Waals surface area contributed by atoms with Crippen LogP contribution in [0.5, 0.6) is 5.75 Å². The SMILES string of the molecule is CCCC[C@H](CC)CNC(=O)[C@H]1CN(S(=O)(=O)c2ccc(C)cc2)c2ccccc2O1. The summed E-state index contributed by atoms with van der Waals surface area (Å²) < 4.78 is 34.0. The Kier molecular flexibility index (Phi) is 7.59. The molecule has 1 aliphatic heterocycles. The number of anilines is 1. The van der Waals surface area contributed by atoms with E-state index in [-0.39, 0.29) is 17.3 Å². The van der Waals surface area contributed by atoms with E-state index in [0.717, 1.165) is 31.2 Å². The highest BCUT2D eigenvalue weighted by molar-refractivity contribution is 7.92. The first-order valence-electron chi connectivity index (χ1n) is 11.0. The standard InChI is InChI=1S/C24H32N2O4S/c1-4-6-9-19(5-2)16-25-24(27)23-17-26(21-10-7-8-11-22(21)30-23)31(28,29)20-14-12-18(3)13-15-20/h7-8,10-15,19,23H,4-6,9,16-17H2,1-3H3,(H,25,27)/t19-,23+/m0/s1. The van der Waals surface area contributed by atoms with Gasteiger partial charge < -0.3 is 10.1 Å². The van der Waals surface area contributed by atoms with E-state index in [1.165, 1.54) is 4.31 Å². The van der Waals surface area contributed by atoms with Gasteiger partial charge in [-0.05, 0) is 43.5 Å². The van der Waals surface area contributed by atoms with Crippen LogP contribution in [0, 0.1) is 12.8 Å². The van der Waals surface area contributed by atoms with Crippen LogP contribution in [0.3, 0.4) is 0 Å². The number of nitrogens with one attached hydrogen (secondary N) is 1. The van der Waals surface area contributed by atoms with Crippen molar-refractivity contribution in [2.75, 3.05) is 17.4 Å². The highest BCUT2D eigenvalue weighted by Crippen LogP contribution is 2.36. The van der Waals surface area contributed by atoms with Gasteiger partial charge in [0.2, 0.25) is 0 Å². The van der Waals surface area contributed by atoms with Gasteiger partial charge in [-0.25, -0.2) is 8.42 Å². The average molecular weight is 445 g/mol. The van der Waals surface area contributed by atoms with Gasteiger partial charge in [0.05, 0.1) is 17.1 Å². The van der Waals surface area contributed by atoms with Crippen molar-refractivity contribution in [1.29, 1.82) is 0 Å². The van der Waals surface area contributed by atoms with E-state index in [0.29, 0.717) is 23.9 Å². The number of ether oxygens (including phenoxy) is 1. The molecule has 1 amide bonds. The summed E-state index contributed by atoms with van der Waals surface area (Å²) in [5, 5.41) is 2.98. The fraction of sp³-hybridized carbons (Fsp3) is 0.458. The molecule has 7 heteroatoms. The lowest BCUT2D eigenvalue weighted by Gasteiger charge is -2.35. The van der Waals surface area contributed by atoms with Crippen LogP contribution in [0.4, 0.5) is 5.69 Å². The van der Waals surface area contributed by atoms with Crippen molar-refractivity contribution in [3.05, 3.63) is 54.1 Å². The van der Waals surface area contributed by atoms with Gasteiger partial charge in [-0.2, -0.15) is 0 Å². The third kappa shape index (κ3) is 5.39. The molecule has 0 aromatic heterocycles. The number of rotatable bonds is 9. The third-order valence-electron chi connectivity index (χ3n) is 5.74. The second kappa shape index (κ2) is 10.2. The molecule has 2 atom stereocenters. The number of amides is 1. The predicted octanol–water partition coefficient (Wildman–Crippen LogP) is 4.28. The second-order valence-corrected chi connectivity index (χ2v) is 9.95. The smallest absolute Gasteiger partial charge is 0.264 e. The van der Waals surface area contributed by atoms with Crippen molar-refractivity contribution in [3.63, 3.8) is 0 Å². The molecule has 0 unspecified atom stereocenters. The van der Waals surface area contributed by atoms with Crippen molar-refractivity contribution in [2.45, 2.75) is 57.5 Å². The Hall–Kier alpha value is -2.54. The summed E-state index contributed by atoms with van der Waals surface area (Å²) in [6.07, 6.45) is 3.40. The fourth-order valence-electron chi connectivity index (χ4n) is 3.71. The van der Waals surface area contributed by atoms with E-state index in [1.807, 2.05) is 6.92 Å². The molecule has 0 saturated heterocycles. The minimum Gasteiger partial charge on any atom is -0.476 e. The summed E-state index contributed by atoms with van der Waals surface area (Å²) in [4.78, 5) is 13.1. The number of carbonyl (C=O) groups excluding carboxylic acids is 1. The lowest BCUT2D eigenvalue weighted by molar-refractivity contribution is -0.127. The van der Waals surface area contributed by atoms with Crippen molar-refractivity contribution in [3.8, 4) is 5.75 Å². The topological polar surface area (TPSA) is 75.7 Å². The normalized spacial score (nSPS) is 16.9. The average Bonchev–Trinajstić information content (AvgIpc) is 2.78. The monoisotopic (exact) mass is 444 g/mol. The molecule has 2 aromatic carbocycles. The lowest BCUT2D eigenvalue weighted by Crippen LogP contribution is -2.51. The molecule has 0 bridgehead atoms. The number of sulfonamides is 1. The zero-order chi connectivity index (χ0) is 22.4. The van der Waals surface area contributed by atoms with E-state index >= 15 is 0 Å². The minimum atomic E-state index is -3.83. The first kappa shape index (κ1) is 23.1. The summed E-state index contributed by atoms with van der Waals surface area (Å²) in [5.74, 6) is 0.517. The van der Waals surface area contributed by atoms with E-state index < -0.39 is 16.1 Å². The number of para-hydroxylation sites is 2. The Morgan fingerprint density at radius 2 is 1.87 bits per heavy atom. The Balaban J connectivity index is 1.81. The maximum Gasteiger partial charge on any atom is 0.264 e. The molecule has 0 saturated carbocycles. The van der Waals surface area contributed by atoms with Gasteiger partial charge in [0.25, 0.3) is 15.9 Å². The predicted molar refractivity (Wildman–Crippen MR) is 123 cm³/mol. The molecule has 0 radical (unpaired) electrons. The number of hydrogen-bond donors (Lipinski definition) is 1. The first-order chi connectivity index (χ1) is 14.9. The van der Waals surface area contributed by atoms with E-state index in [2.05, 4.69) is 19.2 Å². The van der Waals surface area contributed by atoms with Gasteiger partial charge in [-0.1, -0.05) is 62.9 Å². The first-order valence-corrected chi connectivity index (χ1v) is 12.4. The third-order valence-corrected chi connectivity index (χ3v) is 7.54. The molecule has 6 nitrogen and oxygen atoms in total. The van der Waals surface area contributed by atoms with Crippen LogP contribution >= 0.6 is 0 Å². The maximum absolute atomic E-state index is 13.4. The number of hydrogen-bond acceptors (Lipinski definition) is 4. The molecule has 0 spiro atoms. The van der Waals surface area contributed by atoms with E-state index in [9.17, 15) is 13.2 Å². The van der Waals surface area contributed by atoms with Crippen LogP contribution in [0.2, 0.25) is 0 Å². The van der Waals surface area contributed by atoms with Gasteiger partial charge in [-0.3, -0.25) is 9.10 Å². The highest BCUT2D eigenvalue weighted by atomic mass is 32.2. The highest BCUT2D eigenvalue weighted by Gasteiger charge is 2.37. The zero-order valence-corrected chi connectivity index (χ0v) is 19.3. The Morgan fingerprint density at radius 3 is 2.55 bits per heavy atom. The fourth-order valence-corrected chi connectivity index (χ4v) is 5.18. The van der Waals surface area contributed by atoms with Crippen LogP contribution in [0.25, 0.3) is 0 Å². The second-order valence-electron chi connectivity index (χ2n) is 8.09. The molecule has 168 valence electrons. The molecule has 1 aliphatic rings. The summed E-state index contributed by atoms with van der Waals surface area (Å²) in [6.45, 7) is 6.69. The van der Waals surface area contributed by atoms with Gasteiger partial charge in [0.15, 0.2) is 6.10 Å². The van der Waals surface area contributed by atoms with Crippen LogP contribution < -0.4 is 14.4 Å². The molecule has 1 heterocycles. The van der Waals surface area contributed by atoms with Crippen molar-refractivity contribution >= 4 is 21.6 Å². The van der Waals surface area contributed by atoms with Gasteiger partial charge in [0.1, 0.15) is 5.75 Å². The Labute approximate surface area is 185 Å². The molecule has 31 heavy (non-hydrogen) atoms. The number of aryl methyl sites for hydroxylation is 1. The number of unbranched alkanes of at least 4 members (excludes halogenated alkanes) is 1. The number of carbonyl (C=O) groups is 1. The summed E-state index contributed by atoms with van der Waals surface area (Å²) in [6, 6.07) is 13.7. The number of fused-ring (bicyclic) bond motifs is 1. The lowest BCUT2D eigenvalue weighted by atomic mass is 9.99. The summed E-state index contributed by atoms with van der Waals surface area (Å²) >= 11 is 0. The van der Waals surface area contributed by atoms with Gasteiger partial charge in [0, 0.05) is 6.54 Å². The van der Waals surface area contributed by atoms with Gasteiger partial charge in [-0.15, -0.1) is 0 Å². The largest absolute Gasteiger partial charge is 0.476 e. The van der Waals surface area contributed by atoms with Crippen LogP contribution in [-0.2, 0) is 14.8 Å². The molecular formula is C24H32N2O4S. The zero-order valence-electron chi connectivity index (χ0n) is 18.5.